The zero-order valence-electron chi connectivity index (χ0n) is 13.3. The summed E-state index contributed by atoms with van der Waals surface area (Å²) in [5.41, 5.74) is -0.797. The van der Waals surface area contributed by atoms with Gasteiger partial charge in [0.2, 0.25) is 15.8 Å². The maximum Gasteiger partial charge on any atom is 0.313 e. The minimum atomic E-state index is -3.95. The van der Waals surface area contributed by atoms with E-state index in [1.54, 1.807) is 13.8 Å². The van der Waals surface area contributed by atoms with Crippen molar-refractivity contribution in [2.45, 2.75) is 18.7 Å². The minimum absolute atomic E-state index is 0.202. The van der Waals surface area contributed by atoms with Crippen molar-refractivity contribution in [3.05, 3.63) is 27.8 Å². The number of rotatable bonds is 7. The third-order valence-corrected chi connectivity index (χ3v) is 5.29. The first-order chi connectivity index (χ1) is 10.7. The molecule has 128 valence electrons. The van der Waals surface area contributed by atoms with Crippen molar-refractivity contribution in [1.29, 1.82) is 0 Å². The number of carbonyl (C=O) groups is 1. The lowest BCUT2D eigenvalue weighted by Gasteiger charge is -2.19. The summed E-state index contributed by atoms with van der Waals surface area (Å²) in [6.07, 6.45) is 0. The molecule has 0 heterocycles. The highest BCUT2D eigenvalue weighted by Gasteiger charge is 2.30. The van der Waals surface area contributed by atoms with E-state index in [1.807, 2.05) is 0 Å². The predicted octanol–water partition coefficient (Wildman–Crippen LogP) is 0.993. The molecule has 1 aromatic rings. The quantitative estimate of drug-likeness (QED) is 0.581. The Hall–Kier alpha value is -2.20. The maximum absolute atomic E-state index is 12.6. The number of nitro groups is 1. The van der Waals surface area contributed by atoms with Gasteiger partial charge in [0.1, 0.15) is 0 Å². The molecule has 0 aliphatic carbocycles. The summed E-state index contributed by atoms with van der Waals surface area (Å²) >= 11 is 0. The third-order valence-electron chi connectivity index (χ3n) is 3.26. The Morgan fingerprint density at radius 2 is 1.91 bits per heavy atom. The van der Waals surface area contributed by atoms with Crippen molar-refractivity contribution in [3.63, 3.8) is 0 Å². The second-order valence-corrected chi connectivity index (χ2v) is 6.39. The number of hydrogen-bond donors (Lipinski definition) is 1. The van der Waals surface area contributed by atoms with Gasteiger partial charge in [-0.15, -0.1) is 0 Å². The Morgan fingerprint density at radius 3 is 2.30 bits per heavy atom. The molecular formula is C13H19N3O6S. The largest absolute Gasteiger partial charge is 0.490 e. The highest BCUT2D eigenvalue weighted by atomic mass is 32.2. The van der Waals surface area contributed by atoms with E-state index >= 15 is 0 Å². The van der Waals surface area contributed by atoms with Crippen LogP contribution in [0.3, 0.4) is 0 Å². The van der Waals surface area contributed by atoms with E-state index in [-0.39, 0.29) is 29.3 Å². The average Bonchev–Trinajstić information content (AvgIpc) is 2.53. The lowest BCUT2D eigenvalue weighted by Crippen LogP contribution is -2.31. The molecule has 0 radical (unpaired) electrons. The van der Waals surface area contributed by atoms with Crippen LogP contribution < -0.4 is 10.1 Å². The number of sulfonamides is 1. The van der Waals surface area contributed by atoms with Gasteiger partial charge in [0, 0.05) is 26.2 Å². The Balaban J connectivity index is 3.73. The summed E-state index contributed by atoms with van der Waals surface area (Å²) in [5.74, 6) is -0.964. The lowest BCUT2D eigenvalue weighted by molar-refractivity contribution is -0.386. The van der Waals surface area contributed by atoms with Crippen molar-refractivity contribution in [2.75, 3.05) is 27.2 Å². The Kier molecular flexibility index (Phi) is 6.05. The molecule has 0 aromatic heterocycles. The van der Waals surface area contributed by atoms with Crippen molar-refractivity contribution in [2.24, 2.45) is 0 Å². The fraction of sp³-hybridized carbons (Fsp3) is 0.462. The van der Waals surface area contributed by atoms with Crippen LogP contribution >= 0.6 is 0 Å². The topological polar surface area (TPSA) is 119 Å². The SMILES string of the molecule is CCN(CC)S(=O)(=O)c1cc(C(=O)NC)c(OC)c([N+](=O)[O-])c1. The molecule has 1 rings (SSSR count). The molecule has 1 aromatic carbocycles. The fourth-order valence-corrected chi connectivity index (χ4v) is 3.61. The van der Waals surface area contributed by atoms with Gasteiger partial charge in [-0.05, 0) is 6.07 Å². The minimum Gasteiger partial charge on any atom is -0.490 e. The molecule has 0 aliphatic rings. The summed E-state index contributed by atoms with van der Waals surface area (Å²) in [4.78, 5) is 22.0. The molecule has 0 fully saturated rings. The summed E-state index contributed by atoms with van der Waals surface area (Å²) in [5, 5.41) is 13.5. The van der Waals surface area contributed by atoms with Gasteiger partial charge in [-0.3, -0.25) is 14.9 Å². The number of nitrogens with one attached hydrogen (secondary N) is 1. The summed E-state index contributed by atoms with van der Waals surface area (Å²) in [7, 11) is -1.45. The lowest BCUT2D eigenvalue weighted by atomic mass is 10.1. The molecule has 0 atom stereocenters. The van der Waals surface area contributed by atoms with Crippen LogP contribution in [-0.2, 0) is 10.0 Å². The Labute approximate surface area is 134 Å². The first-order valence-corrected chi connectivity index (χ1v) is 8.27. The second-order valence-electron chi connectivity index (χ2n) is 4.45. The standard InChI is InChI=1S/C13H19N3O6S/c1-5-15(6-2)23(20,21)9-7-10(13(17)14-3)12(22-4)11(8-9)16(18)19/h7-8H,5-6H2,1-4H3,(H,14,17). The number of amides is 1. The summed E-state index contributed by atoms with van der Waals surface area (Å²) in [6.45, 7) is 3.71. The van der Waals surface area contributed by atoms with Crippen LogP contribution in [0.2, 0.25) is 0 Å². The van der Waals surface area contributed by atoms with Gasteiger partial charge in [-0.1, -0.05) is 13.8 Å². The van der Waals surface area contributed by atoms with Gasteiger partial charge < -0.3 is 10.1 Å². The Bertz CT molecular complexity index is 713. The van der Waals surface area contributed by atoms with E-state index < -0.39 is 26.5 Å². The zero-order valence-corrected chi connectivity index (χ0v) is 14.1. The molecule has 23 heavy (non-hydrogen) atoms. The number of benzene rings is 1. The first-order valence-electron chi connectivity index (χ1n) is 6.83. The number of methoxy groups -OCH3 is 1. The van der Waals surface area contributed by atoms with Crippen molar-refractivity contribution in [3.8, 4) is 5.75 Å². The monoisotopic (exact) mass is 345 g/mol. The van der Waals surface area contributed by atoms with Crippen molar-refractivity contribution in [1.82, 2.24) is 9.62 Å². The molecule has 0 bridgehead atoms. The van der Waals surface area contributed by atoms with Crippen LogP contribution in [-0.4, -0.2) is 50.8 Å². The number of nitro benzene ring substituents is 1. The molecule has 1 N–H and O–H groups in total. The summed E-state index contributed by atoms with van der Waals surface area (Å²) in [6, 6.07) is 1.98. The molecule has 0 unspecified atom stereocenters. The molecule has 10 heteroatoms. The third kappa shape index (κ3) is 3.59. The van der Waals surface area contributed by atoms with Gasteiger partial charge in [0.05, 0.1) is 22.5 Å². The molecule has 0 spiro atoms. The smallest absolute Gasteiger partial charge is 0.313 e. The van der Waals surface area contributed by atoms with Gasteiger partial charge in [-0.25, -0.2) is 8.42 Å². The van der Waals surface area contributed by atoms with E-state index in [4.69, 9.17) is 4.74 Å². The van der Waals surface area contributed by atoms with Crippen LogP contribution in [0.25, 0.3) is 0 Å². The van der Waals surface area contributed by atoms with Crippen LogP contribution in [0.5, 0.6) is 5.75 Å². The number of nitrogens with zero attached hydrogens (tertiary/aromatic N) is 2. The van der Waals surface area contributed by atoms with Crippen LogP contribution in [0.1, 0.15) is 24.2 Å². The van der Waals surface area contributed by atoms with Gasteiger partial charge in [-0.2, -0.15) is 4.31 Å². The van der Waals surface area contributed by atoms with Crippen molar-refractivity contribution < 1.29 is 22.9 Å². The van der Waals surface area contributed by atoms with E-state index in [0.717, 1.165) is 16.4 Å². The van der Waals surface area contributed by atoms with Crippen LogP contribution in [0.4, 0.5) is 5.69 Å². The van der Waals surface area contributed by atoms with Crippen LogP contribution in [0.15, 0.2) is 17.0 Å². The zero-order chi connectivity index (χ0) is 17.8. The van der Waals surface area contributed by atoms with E-state index in [1.165, 1.54) is 14.2 Å². The highest BCUT2D eigenvalue weighted by molar-refractivity contribution is 7.89. The number of hydrogen-bond acceptors (Lipinski definition) is 6. The predicted molar refractivity (Wildman–Crippen MR) is 83.1 cm³/mol. The molecule has 0 saturated carbocycles. The maximum atomic E-state index is 12.6. The van der Waals surface area contributed by atoms with Gasteiger partial charge in [0.25, 0.3) is 5.91 Å². The molecule has 1 amide bonds. The highest BCUT2D eigenvalue weighted by Crippen LogP contribution is 2.34. The Morgan fingerprint density at radius 1 is 1.35 bits per heavy atom. The summed E-state index contributed by atoms with van der Waals surface area (Å²) < 4.78 is 31.2. The van der Waals surface area contributed by atoms with Crippen molar-refractivity contribution >= 4 is 21.6 Å². The molecular weight excluding hydrogens is 326 g/mol. The normalized spacial score (nSPS) is 11.3. The average molecular weight is 345 g/mol. The van der Waals surface area contributed by atoms with E-state index in [9.17, 15) is 23.3 Å². The first kappa shape index (κ1) is 18.8. The van der Waals surface area contributed by atoms with E-state index in [2.05, 4.69) is 5.32 Å². The molecule has 9 nitrogen and oxygen atoms in total. The van der Waals surface area contributed by atoms with E-state index in [0.29, 0.717) is 0 Å². The van der Waals surface area contributed by atoms with Gasteiger partial charge in [0.15, 0.2) is 0 Å². The molecule has 0 aliphatic heterocycles. The second kappa shape index (κ2) is 7.38. The number of ether oxygens (including phenoxy) is 1. The van der Waals surface area contributed by atoms with Crippen LogP contribution in [0, 0.1) is 10.1 Å². The number of carbonyl (C=O) groups excluding carboxylic acids is 1. The van der Waals surface area contributed by atoms with Gasteiger partial charge >= 0.3 is 5.69 Å². The molecule has 0 saturated heterocycles. The fourth-order valence-electron chi connectivity index (χ4n) is 2.10.